The molecule has 0 spiro atoms. The molecular weight excluding hydrogens is 272 g/mol. The predicted molar refractivity (Wildman–Crippen MR) is 82.6 cm³/mol. The second kappa shape index (κ2) is 6.22. The van der Waals surface area contributed by atoms with Gasteiger partial charge in [-0.05, 0) is 12.0 Å². The number of benzene rings is 1. The molecule has 20 heavy (non-hydrogen) atoms. The van der Waals surface area contributed by atoms with Crippen LogP contribution >= 0.6 is 12.2 Å². The van der Waals surface area contributed by atoms with Crippen LogP contribution in [0.2, 0.25) is 0 Å². The van der Waals surface area contributed by atoms with Gasteiger partial charge in [-0.3, -0.25) is 4.79 Å². The van der Waals surface area contributed by atoms with Crippen molar-refractivity contribution in [1.29, 1.82) is 0 Å². The first-order chi connectivity index (χ1) is 9.50. The fourth-order valence-electron chi connectivity index (χ4n) is 2.51. The van der Waals surface area contributed by atoms with E-state index >= 15 is 0 Å². The number of ether oxygens (including phenoxy) is 1. The van der Waals surface area contributed by atoms with Gasteiger partial charge in [-0.1, -0.05) is 44.3 Å². The number of thiocarbonyl (C=S) groups is 1. The predicted octanol–water partition coefficient (Wildman–Crippen LogP) is 2.18. The summed E-state index contributed by atoms with van der Waals surface area (Å²) in [5.74, 6) is 0.386. The van der Waals surface area contributed by atoms with E-state index in [0.717, 1.165) is 17.7 Å². The number of carbonyl (C=O) groups is 1. The number of carbonyl (C=O) groups excluding carboxylic acids is 1. The first-order valence-corrected chi connectivity index (χ1v) is 7.23. The van der Waals surface area contributed by atoms with E-state index in [2.05, 4.69) is 5.32 Å². The van der Waals surface area contributed by atoms with Crippen LogP contribution in [0, 0.1) is 11.8 Å². The lowest BCUT2D eigenvalue weighted by molar-refractivity contribution is -0.124. The normalized spacial score (nSPS) is 18.9. The largest absolute Gasteiger partial charge is 0.493 e. The van der Waals surface area contributed by atoms with Crippen LogP contribution in [0.3, 0.4) is 0 Å². The highest BCUT2D eigenvalue weighted by Gasteiger charge is 2.29. The van der Waals surface area contributed by atoms with Gasteiger partial charge in [-0.25, -0.2) is 0 Å². The van der Waals surface area contributed by atoms with Gasteiger partial charge in [0.05, 0.1) is 23.6 Å². The number of amides is 1. The van der Waals surface area contributed by atoms with E-state index in [1.54, 1.807) is 0 Å². The molecule has 4 nitrogen and oxygen atoms in total. The van der Waals surface area contributed by atoms with Gasteiger partial charge in [0.2, 0.25) is 5.91 Å². The highest BCUT2D eigenvalue weighted by atomic mass is 32.1. The van der Waals surface area contributed by atoms with E-state index < -0.39 is 5.92 Å². The van der Waals surface area contributed by atoms with Gasteiger partial charge in [0.15, 0.2) is 0 Å². The highest BCUT2D eigenvalue weighted by Crippen LogP contribution is 2.31. The van der Waals surface area contributed by atoms with Crippen molar-refractivity contribution in [3.63, 3.8) is 0 Å². The molecular formula is C15H20N2O2S. The number of nitrogens with two attached hydrogens (primary N) is 1. The van der Waals surface area contributed by atoms with Crippen LogP contribution in [0.1, 0.15) is 31.9 Å². The molecule has 1 aromatic carbocycles. The molecule has 1 heterocycles. The molecule has 1 amide bonds. The fraction of sp³-hybridized carbons (Fsp3) is 0.467. The number of fused-ring (bicyclic) bond motifs is 1. The lowest BCUT2D eigenvalue weighted by Crippen LogP contribution is -2.43. The van der Waals surface area contributed by atoms with Gasteiger partial charge in [-0.15, -0.1) is 0 Å². The van der Waals surface area contributed by atoms with E-state index in [9.17, 15) is 4.79 Å². The molecule has 108 valence electrons. The standard InChI is InChI=1S/C15H20N2O2S/c1-9(2)13(14(16)20)15(18)17-11-7-8-19-12-6-4-3-5-10(11)12/h3-6,9,11,13H,7-8H2,1-2H3,(H2,16,20)(H,17,18). The summed E-state index contributed by atoms with van der Waals surface area (Å²) in [7, 11) is 0. The first kappa shape index (κ1) is 14.8. The molecule has 1 aliphatic heterocycles. The van der Waals surface area contributed by atoms with E-state index in [4.69, 9.17) is 22.7 Å². The van der Waals surface area contributed by atoms with Gasteiger partial charge in [0, 0.05) is 12.0 Å². The molecule has 2 rings (SSSR count). The number of para-hydroxylation sites is 1. The Balaban J connectivity index is 2.15. The molecule has 0 bridgehead atoms. The zero-order valence-corrected chi connectivity index (χ0v) is 12.6. The summed E-state index contributed by atoms with van der Waals surface area (Å²) in [4.78, 5) is 12.6. The number of rotatable bonds is 4. The molecule has 0 radical (unpaired) electrons. The summed E-state index contributed by atoms with van der Waals surface area (Å²) in [5.41, 5.74) is 6.70. The van der Waals surface area contributed by atoms with E-state index in [-0.39, 0.29) is 22.9 Å². The number of nitrogens with one attached hydrogen (secondary N) is 1. The topological polar surface area (TPSA) is 64.3 Å². The molecule has 2 atom stereocenters. The lowest BCUT2D eigenvalue weighted by atomic mass is 9.93. The Hall–Kier alpha value is -1.62. The van der Waals surface area contributed by atoms with Crippen molar-refractivity contribution < 1.29 is 9.53 Å². The van der Waals surface area contributed by atoms with Crippen molar-refractivity contribution in [1.82, 2.24) is 5.32 Å². The SMILES string of the molecule is CC(C)C(C(=O)NC1CCOc2ccccc21)C(N)=S. The maximum Gasteiger partial charge on any atom is 0.230 e. The Morgan fingerprint density at radius 1 is 1.45 bits per heavy atom. The third-order valence-corrected chi connectivity index (χ3v) is 3.78. The van der Waals surface area contributed by atoms with Crippen molar-refractivity contribution in [2.75, 3.05) is 6.61 Å². The van der Waals surface area contributed by atoms with Crippen molar-refractivity contribution in [3.05, 3.63) is 29.8 Å². The smallest absolute Gasteiger partial charge is 0.230 e. The van der Waals surface area contributed by atoms with Gasteiger partial charge in [0.1, 0.15) is 5.75 Å². The Kier molecular flexibility index (Phi) is 4.60. The van der Waals surface area contributed by atoms with Gasteiger partial charge in [-0.2, -0.15) is 0 Å². The molecule has 1 aromatic rings. The highest BCUT2D eigenvalue weighted by molar-refractivity contribution is 7.80. The zero-order valence-electron chi connectivity index (χ0n) is 11.8. The minimum absolute atomic E-state index is 0.0388. The fourth-order valence-corrected chi connectivity index (χ4v) is 2.89. The van der Waals surface area contributed by atoms with Crippen molar-refractivity contribution in [2.24, 2.45) is 17.6 Å². The molecule has 1 aliphatic rings. The van der Waals surface area contributed by atoms with Crippen molar-refractivity contribution >= 4 is 23.1 Å². The first-order valence-electron chi connectivity index (χ1n) is 6.82. The van der Waals surface area contributed by atoms with Gasteiger partial charge in [0.25, 0.3) is 0 Å². The number of hydrogen-bond donors (Lipinski definition) is 2. The second-order valence-electron chi connectivity index (χ2n) is 5.36. The average Bonchev–Trinajstić information content (AvgIpc) is 2.38. The van der Waals surface area contributed by atoms with Crippen LogP contribution in [0.15, 0.2) is 24.3 Å². The molecule has 3 N–H and O–H groups in total. The van der Waals surface area contributed by atoms with Gasteiger partial charge < -0.3 is 15.8 Å². The van der Waals surface area contributed by atoms with Crippen LogP contribution in [-0.4, -0.2) is 17.5 Å². The monoisotopic (exact) mass is 292 g/mol. The molecule has 0 aromatic heterocycles. The molecule has 0 fully saturated rings. The van der Waals surface area contributed by atoms with Crippen LogP contribution in [0.5, 0.6) is 5.75 Å². The third kappa shape index (κ3) is 3.10. The van der Waals surface area contributed by atoms with Crippen LogP contribution in [0.25, 0.3) is 0 Å². The van der Waals surface area contributed by atoms with Crippen molar-refractivity contribution in [2.45, 2.75) is 26.3 Å². The summed E-state index contributed by atoms with van der Waals surface area (Å²) in [6, 6.07) is 7.73. The average molecular weight is 292 g/mol. The summed E-state index contributed by atoms with van der Waals surface area (Å²) in [6.07, 6.45) is 0.755. The van der Waals surface area contributed by atoms with Crippen LogP contribution in [0.4, 0.5) is 0 Å². The molecule has 2 unspecified atom stereocenters. The molecule has 0 aliphatic carbocycles. The second-order valence-corrected chi connectivity index (χ2v) is 5.83. The maximum absolute atomic E-state index is 12.4. The Labute approximate surface area is 124 Å². The Morgan fingerprint density at radius 2 is 2.15 bits per heavy atom. The minimum Gasteiger partial charge on any atom is -0.493 e. The summed E-state index contributed by atoms with van der Waals surface area (Å²) in [6.45, 7) is 4.49. The van der Waals surface area contributed by atoms with E-state index in [1.165, 1.54) is 0 Å². The molecule has 0 saturated carbocycles. The van der Waals surface area contributed by atoms with Crippen LogP contribution < -0.4 is 15.8 Å². The Morgan fingerprint density at radius 3 is 2.80 bits per heavy atom. The molecule has 0 saturated heterocycles. The van der Waals surface area contributed by atoms with E-state index in [1.807, 2.05) is 38.1 Å². The summed E-state index contributed by atoms with van der Waals surface area (Å²) in [5, 5.41) is 3.05. The van der Waals surface area contributed by atoms with Crippen molar-refractivity contribution in [3.8, 4) is 5.75 Å². The van der Waals surface area contributed by atoms with Crippen LogP contribution in [-0.2, 0) is 4.79 Å². The third-order valence-electron chi connectivity index (χ3n) is 3.53. The number of hydrogen-bond acceptors (Lipinski definition) is 3. The minimum atomic E-state index is -0.431. The molecule has 5 heteroatoms. The summed E-state index contributed by atoms with van der Waals surface area (Å²) < 4.78 is 5.59. The van der Waals surface area contributed by atoms with E-state index in [0.29, 0.717) is 6.61 Å². The summed E-state index contributed by atoms with van der Waals surface area (Å²) >= 11 is 5.01. The van der Waals surface area contributed by atoms with Gasteiger partial charge >= 0.3 is 0 Å². The lowest BCUT2D eigenvalue weighted by Gasteiger charge is -2.29. The Bertz CT molecular complexity index is 516. The zero-order chi connectivity index (χ0) is 14.7. The quantitative estimate of drug-likeness (QED) is 0.835. The maximum atomic E-state index is 12.4.